The van der Waals surface area contributed by atoms with Crippen LogP contribution in [0.4, 0.5) is 4.39 Å². The van der Waals surface area contributed by atoms with Crippen molar-refractivity contribution in [2.45, 2.75) is 51.1 Å². The zero-order chi connectivity index (χ0) is 19.1. The second-order valence-electron chi connectivity index (χ2n) is 6.70. The van der Waals surface area contributed by atoms with Gasteiger partial charge in [-0.15, -0.1) is 0 Å². The van der Waals surface area contributed by atoms with E-state index < -0.39 is 15.8 Å². The van der Waals surface area contributed by atoms with E-state index in [4.69, 9.17) is 0 Å². The summed E-state index contributed by atoms with van der Waals surface area (Å²) in [5.74, 6) is -0.301. The Hall–Kier alpha value is -1.84. The molecule has 6 nitrogen and oxygen atoms in total. The molecule has 0 spiro atoms. The average Bonchev–Trinajstić information content (AvgIpc) is 3.10. The minimum atomic E-state index is -3.87. The summed E-state index contributed by atoms with van der Waals surface area (Å²) in [7, 11) is -3.87. The zero-order valence-electron chi connectivity index (χ0n) is 15.0. The molecule has 2 aromatic heterocycles. The number of imidazole rings is 1. The van der Waals surface area contributed by atoms with Crippen LogP contribution in [-0.2, 0) is 16.6 Å². The van der Waals surface area contributed by atoms with Crippen molar-refractivity contribution in [1.29, 1.82) is 0 Å². The molecule has 0 unspecified atom stereocenters. The SMILES string of the molecule is CC(C)c1nn2c(S(=O)(=O)NCc3cccc(F)c3)c(C(C)C)nc2s1. The smallest absolute Gasteiger partial charge is 0.221 e. The van der Waals surface area contributed by atoms with Gasteiger partial charge in [0.15, 0.2) is 5.03 Å². The fourth-order valence-corrected chi connectivity index (χ4v) is 4.89. The van der Waals surface area contributed by atoms with Crippen LogP contribution in [0, 0.1) is 5.82 Å². The summed E-state index contributed by atoms with van der Waals surface area (Å²) in [4.78, 5) is 5.05. The molecule has 140 valence electrons. The Labute approximate surface area is 156 Å². The summed E-state index contributed by atoms with van der Waals surface area (Å²) in [6.45, 7) is 7.77. The van der Waals surface area contributed by atoms with Crippen LogP contribution in [0.3, 0.4) is 0 Å². The van der Waals surface area contributed by atoms with Crippen LogP contribution < -0.4 is 4.72 Å². The van der Waals surface area contributed by atoms with Gasteiger partial charge in [-0.1, -0.05) is 51.2 Å². The normalized spacial score (nSPS) is 12.6. The highest BCUT2D eigenvalue weighted by Gasteiger charge is 2.29. The molecule has 0 aliphatic carbocycles. The highest BCUT2D eigenvalue weighted by Crippen LogP contribution is 2.29. The van der Waals surface area contributed by atoms with Crippen molar-refractivity contribution in [2.24, 2.45) is 0 Å². The van der Waals surface area contributed by atoms with Gasteiger partial charge in [0.05, 0.1) is 5.69 Å². The van der Waals surface area contributed by atoms with Gasteiger partial charge in [-0.3, -0.25) is 0 Å². The Kier molecular flexibility index (Phi) is 5.14. The van der Waals surface area contributed by atoms with Crippen LogP contribution in [0.1, 0.15) is 55.8 Å². The van der Waals surface area contributed by atoms with Gasteiger partial charge < -0.3 is 0 Å². The molecular weight excluding hydrogens is 375 g/mol. The van der Waals surface area contributed by atoms with E-state index in [0.717, 1.165) is 5.01 Å². The zero-order valence-corrected chi connectivity index (χ0v) is 16.7. The topological polar surface area (TPSA) is 76.4 Å². The molecule has 0 atom stereocenters. The average molecular weight is 397 g/mol. The van der Waals surface area contributed by atoms with E-state index in [1.54, 1.807) is 12.1 Å². The Morgan fingerprint density at radius 3 is 2.58 bits per heavy atom. The van der Waals surface area contributed by atoms with Gasteiger partial charge in [-0.25, -0.2) is 22.5 Å². The Morgan fingerprint density at radius 2 is 1.96 bits per heavy atom. The number of aromatic nitrogens is 3. The van der Waals surface area contributed by atoms with Gasteiger partial charge >= 0.3 is 0 Å². The Balaban J connectivity index is 2.01. The maximum Gasteiger partial charge on any atom is 0.260 e. The van der Waals surface area contributed by atoms with Gasteiger partial charge in [-0.05, 0) is 23.6 Å². The van der Waals surface area contributed by atoms with E-state index in [2.05, 4.69) is 14.8 Å². The molecule has 0 fully saturated rings. The lowest BCUT2D eigenvalue weighted by Gasteiger charge is -2.09. The molecule has 9 heteroatoms. The molecule has 0 aliphatic heterocycles. The van der Waals surface area contributed by atoms with E-state index in [1.165, 1.54) is 28.0 Å². The monoisotopic (exact) mass is 396 g/mol. The number of fused-ring (bicyclic) bond motifs is 1. The predicted molar refractivity (Wildman–Crippen MR) is 99.5 cm³/mol. The van der Waals surface area contributed by atoms with Crippen LogP contribution in [0.25, 0.3) is 4.96 Å². The molecule has 26 heavy (non-hydrogen) atoms. The third kappa shape index (κ3) is 3.65. The van der Waals surface area contributed by atoms with Gasteiger partial charge in [0, 0.05) is 12.5 Å². The third-order valence-electron chi connectivity index (χ3n) is 3.85. The van der Waals surface area contributed by atoms with E-state index in [-0.39, 0.29) is 23.4 Å². The molecule has 0 saturated heterocycles. The van der Waals surface area contributed by atoms with E-state index >= 15 is 0 Å². The largest absolute Gasteiger partial charge is 0.260 e. The van der Waals surface area contributed by atoms with Crippen LogP contribution in [-0.4, -0.2) is 23.0 Å². The molecule has 3 aromatic rings. The number of nitrogens with zero attached hydrogens (tertiary/aromatic N) is 3. The summed E-state index contributed by atoms with van der Waals surface area (Å²) in [5, 5.41) is 5.33. The van der Waals surface area contributed by atoms with Gasteiger partial charge in [0.25, 0.3) is 10.0 Å². The lowest BCUT2D eigenvalue weighted by atomic mass is 10.2. The van der Waals surface area contributed by atoms with Crippen LogP contribution in [0.2, 0.25) is 0 Å². The number of nitrogens with one attached hydrogen (secondary N) is 1. The number of halogens is 1. The molecule has 3 rings (SSSR count). The minimum absolute atomic E-state index is 0.00790. The molecule has 1 N–H and O–H groups in total. The maximum absolute atomic E-state index is 13.3. The third-order valence-corrected chi connectivity index (χ3v) is 6.48. The lowest BCUT2D eigenvalue weighted by molar-refractivity contribution is 0.568. The van der Waals surface area contributed by atoms with Crippen molar-refractivity contribution in [1.82, 2.24) is 19.3 Å². The summed E-state index contributed by atoms with van der Waals surface area (Å²) >= 11 is 1.39. The van der Waals surface area contributed by atoms with E-state index in [1.807, 2.05) is 27.7 Å². The summed E-state index contributed by atoms with van der Waals surface area (Å²) < 4.78 is 43.2. The van der Waals surface area contributed by atoms with Crippen LogP contribution >= 0.6 is 11.3 Å². The van der Waals surface area contributed by atoms with E-state index in [9.17, 15) is 12.8 Å². The fourth-order valence-electron chi connectivity index (χ4n) is 2.51. The van der Waals surface area contributed by atoms with Crippen molar-refractivity contribution in [3.05, 3.63) is 46.3 Å². The molecular formula is C17H21FN4O2S2. The quantitative estimate of drug-likeness (QED) is 0.690. The lowest BCUT2D eigenvalue weighted by Crippen LogP contribution is -2.26. The van der Waals surface area contributed by atoms with Crippen molar-refractivity contribution in [3.63, 3.8) is 0 Å². The van der Waals surface area contributed by atoms with Crippen molar-refractivity contribution >= 4 is 26.3 Å². The molecule has 0 bridgehead atoms. The standard InChI is InChI=1S/C17H21FN4O2S2/c1-10(2)14-16(22-17(20-14)25-15(21-22)11(3)4)26(23,24)19-9-12-6-5-7-13(18)8-12/h5-8,10-11,19H,9H2,1-4H3. The van der Waals surface area contributed by atoms with Crippen molar-refractivity contribution < 1.29 is 12.8 Å². The first-order valence-electron chi connectivity index (χ1n) is 8.32. The summed E-state index contributed by atoms with van der Waals surface area (Å²) in [6, 6.07) is 5.83. The first kappa shape index (κ1) is 18.9. The molecule has 0 saturated carbocycles. The molecule has 0 aliphatic rings. The summed E-state index contributed by atoms with van der Waals surface area (Å²) in [6.07, 6.45) is 0. The van der Waals surface area contributed by atoms with Gasteiger partial charge in [-0.2, -0.15) is 9.61 Å². The molecule has 0 amide bonds. The predicted octanol–water partition coefficient (Wildman–Crippen LogP) is 3.66. The maximum atomic E-state index is 13.3. The van der Waals surface area contributed by atoms with E-state index in [0.29, 0.717) is 16.2 Å². The second kappa shape index (κ2) is 7.05. The van der Waals surface area contributed by atoms with Gasteiger partial charge in [0.2, 0.25) is 4.96 Å². The number of sulfonamides is 1. The van der Waals surface area contributed by atoms with Crippen LogP contribution in [0.5, 0.6) is 0 Å². The highest BCUT2D eigenvalue weighted by molar-refractivity contribution is 7.89. The Morgan fingerprint density at radius 1 is 1.23 bits per heavy atom. The molecule has 0 radical (unpaired) electrons. The number of rotatable bonds is 6. The minimum Gasteiger partial charge on any atom is -0.221 e. The first-order valence-corrected chi connectivity index (χ1v) is 10.6. The summed E-state index contributed by atoms with van der Waals surface area (Å²) in [5.41, 5.74) is 1.02. The highest BCUT2D eigenvalue weighted by atomic mass is 32.2. The first-order chi connectivity index (χ1) is 12.2. The van der Waals surface area contributed by atoms with Gasteiger partial charge in [0.1, 0.15) is 10.8 Å². The van der Waals surface area contributed by atoms with Crippen LogP contribution in [0.15, 0.2) is 29.3 Å². The number of hydrogen-bond acceptors (Lipinski definition) is 5. The van der Waals surface area contributed by atoms with Crippen molar-refractivity contribution in [3.8, 4) is 0 Å². The molecule has 2 heterocycles. The second-order valence-corrected chi connectivity index (χ2v) is 9.37. The van der Waals surface area contributed by atoms with Crippen molar-refractivity contribution in [2.75, 3.05) is 0 Å². The molecule has 1 aromatic carbocycles. The number of hydrogen-bond donors (Lipinski definition) is 1. The Bertz CT molecular complexity index is 1040. The fraction of sp³-hybridized carbons (Fsp3) is 0.412. The number of benzene rings is 1.